The number of rotatable bonds is 14. The van der Waals surface area contributed by atoms with Crippen molar-refractivity contribution >= 4 is 17.8 Å². The number of nitrogens with zero attached hydrogens (tertiary/aromatic N) is 4. The van der Waals surface area contributed by atoms with Crippen LogP contribution in [0.3, 0.4) is 0 Å². The molecule has 3 N–H and O–H groups in total. The van der Waals surface area contributed by atoms with Gasteiger partial charge in [0.2, 0.25) is 18.0 Å². The van der Waals surface area contributed by atoms with Crippen molar-refractivity contribution < 1.29 is 43.8 Å². The lowest BCUT2D eigenvalue weighted by atomic mass is 10.1. The maximum absolute atomic E-state index is 12.0. The van der Waals surface area contributed by atoms with Crippen LogP contribution < -0.4 is 16.2 Å². The molecule has 16 heteroatoms. The van der Waals surface area contributed by atoms with Crippen molar-refractivity contribution in [3.8, 4) is 0 Å². The van der Waals surface area contributed by atoms with Crippen molar-refractivity contribution in [3.05, 3.63) is 10.4 Å². The first-order chi connectivity index (χ1) is 13.5. The van der Waals surface area contributed by atoms with Crippen LogP contribution in [0.1, 0.15) is 19.8 Å². The van der Waals surface area contributed by atoms with Gasteiger partial charge in [-0.3, -0.25) is 9.59 Å². The van der Waals surface area contributed by atoms with Gasteiger partial charge in [0.1, 0.15) is 6.04 Å². The monoisotopic (exact) mass is 425 g/mol. The molecule has 2 atom stereocenters. The Morgan fingerprint density at radius 2 is 1.83 bits per heavy atom. The molecule has 0 fully saturated rings. The van der Waals surface area contributed by atoms with Crippen LogP contribution in [-0.4, -0.2) is 80.7 Å². The first-order valence-corrected chi connectivity index (χ1v) is 8.20. The molecule has 0 spiro atoms. The zero-order chi connectivity index (χ0) is 22.4. The Balaban J connectivity index is 4.32. The number of esters is 2. The van der Waals surface area contributed by atoms with Crippen LogP contribution in [-0.2, 0) is 33.5 Å². The second-order valence-corrected chi connectivity index (χ2v) is 5.76. The van der Waals surface area contributed by atoms with Crippen molar-refractivity contribution in [2.45, 2.75) is 25.8 Å². The molecular weight excluding hydrogens is 398 g/mol. The number of carbonyl (C=O) groups is 3. The van der Waals surface area contributed by atoms with Crippen molar-refractivity contribution in [1.82, 2.24) is 20.9 Å². The fraction of sp³-hybridized carbons (Fsp3) is 0.769. The molecular formula is C13H27N7O9. The van der Waals surface area contributed by atoms with Gasteiger partial charge in [-0.05, 0) is 12.0 Å². The summed E-state index contributed by atoms with van der Waals surface area (Å²) in [5, 5.41) is 29.4. The summed E-state index contributed by atoms with van der Waals surface area (Å²) >= 11 is 0. The fourth-order valence-corrected chi connectivity index (χ4v) is 1.44. The van der Waals surface area contributed by atoms with E-state index in [-0.39, 0.29) is 17.8 Å². The summed E-state index contributed by atoms with van der Waals surface area (Å²) in [5.41, 5.74) is 2.02. The number of hydrazine groups is 1. The number of ether oxygens (including phenoxy) is 2. The molecule has 0 aliphatic rings. The van der Waals surface area contributed by atoms with Gasteiger partial charge >= 0.3 is 11.9 Å². The number of quaternary nitrogens is 1. The van der Waals surface area contributed by atoms with E-state index in [9.17, 15) is 24.8 Å². The Morgan fingerprint density at radius 3 is 2.38 bits per heavy atom. The highest BCUT2D eigenvalue weighted by Gasteiger charge is 2.23. The highest BCUT2D eigenvalue weighted by Crippen LogP contribution is 2.03. The summed E-state index contributed by atoms with van der Waals surface area (Å²) in [4.78, 5) is 44.1. The lowest BCUT2D eigenvalue weighted by Crippen LogP contribution is -3.19. The van der Waals surface area contributed by atoms with Gasteiger partial charge in [0, 0.05) is 27.4 Å². The van der Waals surface area contributed by atoms with E-state index in [4.69, 9.17) is 9.47 Å². The quantitative estimate of drug-likeness (QED) is 0.0638. The van der Waals surface area contributed by atoms with Gasteiger partial charge in [-0.2, -0.15) is 10.3 Å². The average molecular weight is 425 g/mol. The molecule has 0 aromatic carbocycles. The maximum atomic E-state index is 12.0. The van der Waals surface area contributed by atoms with Gasteiger partial charge in [-0.15, -0.1) is 5.01 Å². The predicted octanol–water partition coefficient (Wildman–Crippen LogP) is -3.06. The fourth-order valence-electron chi connectivity index (χ4n) is 1.44. The second-order valence-electron chi connectivity index (χ2n) is 5.76. The third-order valence-electron chi connectivity index (χ3n) is 2.87. The molecule has 0 saturated carbocycles. The van der Waals surface area contributed by atoms with E-state index in [0.717, 1.165) is 5.01 Å². The summed E-state index contributed by atoms with van der Waals surface area (Å²) in [5.74, 6) is -2.18. The van der Waals surface area contributed by atoms with Gasteiger partial charge in [0.25, 0.3) is 6.79 Å². The van der Waals surface area contributed by atoms with E-state index in [2.05, 4.69) is 20.3 Å². The lowest BCUT2D eigenvalue weighted by molar-refractivity contribution is -1.03. The minimum absolute atomic E-state index is 0.109. The van der Waals surface area contributed by atoms with E-state index in [1.54, 1.807) is 0 Å². The van der Waals surface area contributed by atoms with Gasteiger partial charge in [0.15, 0.2) is 0 Å². The highest BCUT2D eigenvalue weighted by molar-refractivity contribution is 5.83. The summed E-state index contributed by atoms with van der Waals surface area (Å²) in [6.07, 6.45) is -0.394. The molecule has 0 radical (unpaired) electrons. The third kappa shape index (κ3) is 13.1. The molecule has 168 valence electrons. The summed E-state index contributed by atoms with van der Waals surface area (Å²) in [6, 6.07) is -1.16. The van der Waals surface area contributed by atoms with Crippen molar-refractivity contribution in [3.63, 3.8) is 0 Å². The number of carbonyl (C=O) groups excluding carboxylic acids is 3. The molecule has 0 saturated heterocycles. The average Bonchev–Trinajstić information content (AvgIpc) is 2.64. The van der Waals surface area contributed by atoms with E-state index in [1.807, 2.05) is 5.59 Å². The summed E-state index contributed by atoms with van der Waals surface area (Å²) in [6.45, 7) is -0.0377. The van der Waals surface area contributed by atoms with Crippen LogP contribution in [0, 0.1) is 10.4 Å². The topological polar surface area (TPSA) is 185 Å². The molecule has 0 aliphatic heterocycles. The van der Waals surface area contributed by atoms with Gasteiger partial charge in [-0.25, -0.2) is 9.63 Å². The minimum Gasteiger partial charge on any atom is -0.591 e. The second kappa shape index (κ2) is 14.2. The number of hydrogen-bond donors (Lipinski definition) is 3. The van der Waals surface area contributed by atoms with Crippen LogP contribution >= 0.6 is 0 Å². The SMILES string of the molecule is CC(=O)NC(CCC(=O)OCON[NH+]([O-])N(C)C)C(=O)OCO/N=[N+](\[O-])N(C)C. The zero-order valence-electron chi connectivity index (χ0n) is 16.9. The predicted molar refractivity (Wildman–Crippen MR) is 91.8 cm³/mol. The molecule has 0 rings (SSSR count). The van der Waals surface area contributed by atoms with Gasteiger partial charge in [-0.1, -0.05) is 0 Å². The molecule has 16 nitrogen and oxygen atoms in total. The first-order valence-electron chi connectivity index (χ1n) is 8.20. The van der Waals surface area contributed by atoms with Crippen LogP contribution in [0.5, 0.6) is 0 Å². The van der Waals surface area contributed by atoms with Gasteiger partial charge in [0.05, 0.1) is 19.1 Å². The minimum atomic E-state index is -1.16. The molecule has 0 aromatic rings. The normalized spacial score (nSPS) is 13.4. The van der Waals surface area contributed by atoms with E-state index < -0.39 is 42.8 Å². The highest BCUT2D eigenvalue weighted by atomic mass is 16.8. The Labute approximate surface area is 166 Å². The summed E-state index contributed by atoms with van der Waals surface area (Å²) in [7, 11) is 5.81. The lowest BCUT2D eigenvalue weighted by Gasteiger charge is -2.25. The molecule has 0 heterocycles. The standard InChI is InChI=1S/C13H27N7O9/c1-10(21)14-11(13(23)27-9-29-16-20(25)18(4)5)6-7-12(22)26-8-28-15-19(24)17(2)3/h11,15,19H,6-9H2,1-5H3,(H,14,21)/b20-16-. The summed E-state index contributed by atoms with van der Waals surface area (Å²) < 4.78 is 9.44. The molecule has 0 aliphatic carbocycles. The molecule has 0 bridgehead atoms. The Hall–Kier alpha value is -2.79. The Kier molecular flexibility index (Phi) is 12.9. The van der Waals surface area contributed by atoms with Crippen molar-refractivity contribution in [2.24, 2.45) is 5.28 Å². The Morgan fingerprint density at radius 1 is 1.17 bits per heavy atom. The Bertz CT molecular complexity index is 559. The largest absolute Gasteiger partial charge is 0.591 e. The van der Waals surface area contributed by atoms with Crippen LogP contribution in [0.2, 0.25) is 0 Å². The van der Waals surface area contributed by atoms with Crippen LogP contribution in [0.15, 0.2) is 5.28 Å². The zero-order valence-corrected chi connectivity index (χ0v) is 16.9. The number of amides is 1. The first kappa shape index (κ1) is 26.2. The van der Waals surface area contributed by atoms with E-state index >= 15 is 0 Å². The van der Waals surface area contributed by atoms with Crippen LogP contribution in [0.4, 0.5) is 0 Å². The third-order valence-corrected chi connectivity index (χ3v) is 2.87. The number of hydrogen-bond acceptors (Lipinski definition) is 12. The van der Waals surface area contributed by atoms with E-state index in [1.165, 1.54) is 40.1 Å². The molecule has 1 amide bonds. The van der Waals surface area contributed by atoms with Gasteiger partial charge < -0.3 is 30.0 Å². The number of nitrogens with one attached hydrogen (secondary N) is 3. The molecule has 0 aromatic heterocycles. The molecule has 2 unspecified atom stereocenters. The molecule has 29 heavy (non-hydrogen) atoms. The van der Waals surface area contributed by atoms with Crippen molar-refractivity contribution in [1.29, 1.82) is 0 Å². The van der Waals surface area contributed by atoms with Crippen molar-refractivity contribution in [2.75, 3.05) is 41.8 Å². The smallest absolute Gasteiger partial charge is 0.331 e. The van der Waals surface area contributed by atoms with Crippen LogP contribution in [0.25, 0.3) is 0 Å². The maximum Gasteiger partial charge on any atom is 0.331 e. The van der Waals surface area contributed by atoms with E-state index in [0.29, 0.717) is 0 Å².